The molecule has 0 fully saturated rings. The van der Waals surface area contributed by atoms with Crippen LogP contribution in [-0.4, -0.2) is 32.2 Å². The van der Waals surface area contributed by atoms with Crippen LogP contribution in [0, 0.1) is 0 Å². The maximum Gasteiger partial charge on any atom is 0.239 e. The van der Waals surface area contributed by atoms with E-state index in [4.69, 9.17) is 0 Å². The van der Waals surface area contributed by atoms with Crippen molar-refractivity contribution in [2.45, 2.75) is 13.3 Å². The molecule has 0 aliphatic rings. The molecule has 1 amide bonds. The molecule has 132 valence electrons. The summed E-state index contributed by atoms with van der Waals surface area (Å²) in [5.41, 5.74) is 2.59. The van der Waals surface area contributed by atoms with Gasteiger partial charge < -0.3 is 5.32 Å². The van der Waals surface area contributed by atoms with Crippen LogP contribution in [-0.2, 0) is 21.2 Å². The van der Waals surface area contributed by atoms with Crippen LogP contribution in [0.5, 0.6) is 0 Å². The predicted molar refractivity (Wildman–Crippen MR) is 101 cm³/mol. The van der Waals surface area contributed by atoms with Gasteiger partial charge in [0.1, 0.15) is 0 Å². The Bertz CT molecular complexity index is 829. The zero-order valence-corrected chi connectivity index (χ0v) is 15.2. The van der Waals surface area contributed by atoms with E-state index in [1.807, 2.05) is 30.3 Å². The molecule has 0 spiro atoms. The normalized spacial score (nSPS) is 11.8. The molecule has 0 saturated carbocycles. The summed E-state index contributed by atoms with van der Waals surface area (Å²) >= 11 is 0. The van der Waals surface area contributed by atoms with Crippen LogP contribution >= 0.6 is 0 Å². The van der Waals surface area contributed by atoms with Gasteiger partial charge in [0.15, 0.2) is 0 Å². The Labute approximate surface area is 149 Å². The highest BCUT2D eigenvalue weighted by molar-refractivity contribution is 7.92. The summed E-state index contributed by atoms with van der Waals surface area (Å²) in [4.78, 5) is 12.1. The van der Waals surface area contributed by atoms with Gasteiger partial charge in [-0.1, -0.05) is 49.4 Å². The molecule has 25 heavy (non-hydrogen) atoms. The highest BCUT2D eigenvalue weighted by atomic mass is 32.2. The first-order valence-corrected chi connectivity index (χ1v) is 9.49. The highest BCUT2D eigenvalue weighted by Crippen LogP contribution is 2.11. The Morgan fingerprint density at radius 2 is 1.72 bits per heavy atom. The molecule has 0 heterocycles. The van der Waals surface area contributed by atoms with Gasteiger partial charge in [-0.15, -0.1) is 0 Å². The van der Waals surface area contributed by atoms with E-state index >= 15 is 0 Å². The van der Waals surface area contributed by atoms with E-state index in [9.17, 15) is 13.2 Å². The molecule has 2 rings (SSSR count). The van der Waals surface area contributed by atoms with Crippen molar-refractivity contribution >= 4 is 27.7 Å². The van der Waals surface area contributed by atoms with E-state index in [1.54, 1.807) is 24.3 Å². The summed E-state index contributed by atoms with van der Waals surface area (Å²) in [7, 11) is -2.29. The molecule has 0 aliphatic heterocycles. The van der Waals surface area contributed by atoms with E-state index in [0.717, 1.165) is 21.7 Å². The van der Waals surface area contributed by atoms with Crippen molar-refractivity contribution in [2.24, 2.45) is 0 Å². The minimum absolute atomic E-state index is 0.253. The maximum absolute atomic E-state index is 12.2. The summed E-state index contributed by atoms with van der Waals surface area (Å²) in [6.07, 6.45) is 2.43. The number of carbonyl (C=O) groups is 1. The molecule has 5 nitrogen and oxygen atoms in total. The number of sulfonamides is 1. The average molecular weight is 358 g/mol. The number of benzene rings is 2. The fraction of sp³-hybridized carbons (Fsp3) is 0.211. The Balaban J connectivity index is 1.95. The molecule has 0 aliphatic carbocycles. The number of anilines is 1. The van der Waals surface area contributed by atoms with Gasteiger partial charge >= 0.3 is 0 Å². The molecule has 6 heteroatoms. The molecule has 1 N–H and O–H groups in total. The molecule has 0 radical (unpaired) electrons. The summed E-state index contributed by atoms with van der Waals surface area (Å²) in [6.45, 7) is 1.80. The van der Waals surface area contributed by atoms with Crippen molar-refractivity contribution in [3.05, 3.63) is 71.1 Å². The van der Waals surface area contributed by atoms with Crippen molar-refractivity contribution in [3.8, 4) is 0 Å². The molecule has 0 bridgehead atoms. The number of rotatable bonds is 7. The Hall–Kier alpha value is -2.44. The first-order chi connectivity index (χ1) is 11.9. The van der Waals surface area contributed by atoms with Gasteiger partial charge in [0.25, 0.3) is 0 Å². The van der Waals surface area contributed by atoms with Crippen molar-refractivity contribution in [2.75, 3.05) is 18.9 Å². The standard InChI is InChI=1S/C19H22N2O3S/c1-3-16-9-11-18(12-10-16)20-19(22)15-21(2)25(23,24)14-13-17-7-5-4-6-8-17/h4-14H,3,15H2,1-2H3,(H,20,22)/b14-13+. The minimum atomic E-state index is -3.66. The lowest BCUT2D eigenvalue weighted by Crippen LogP contribution is -2.33. The molecular formula is C19H22N2O3S. The number of carbonyl (C=O) groups excluding carboxylic acids is 1. The third kappa shape index (κ3) is 5.85. The summed E-state index contributed by atoms with van der Waals surface area (Å²) in [5, 5.41) is 3.80. The van der Waals surface area contributed by atoms with E-state index in [0.29, 0.717) is 5.69 Å². The Morgan fingerprint density at radius 1 is 1.08 bits per heavy atom. The molecular weight excluding hydrogens is 336 g/mol. The van der Waals surface area contributed by atoms with Gasteiger partial charge in [-0.2, -0.15) is 4.31 Å². The van der Waals surface area contributed by atoms with Crippen molar-refractivity contribution in [3.63, 3.8) is 0 Å². The number of aryl methyl sites for hydroxylation is 1. The monoisotopic (exact) mass is 358 g/mol. The third-order valence-electron chi connectivity index (χ3n) is 3.68. The topological polar surface area (TPSA) is 66.5 Å². The lowest BCUT2D eigenvalue weighted by molar-refractivity contribution is -0.116. The fourth-order valence-electron chi connectivity index (χ4n) is 2.15. The van der Waals surface area contributed by atoms with Crippen molar-refractivity contribution in [1.82, 2.24) is 4.31 Å². The van der Waals surface area contributed by atoms with Gasteiger partial charge in [0.2, 0.25) is 15.9 Å². The summed E-state index contributed by atoms with van der Waals surface area (Å²) < 4.78 is 25.5. The second-order valence-corrected chi connectivity index (χ2v) is 7.54. The summed E-state index contributed by atoms with van der Waals surface area (Å²) in [5.74, 6) is -0.386. The molecule has 0 unspecified atom stereocenters. The van der Waals surface area contributed by atoms with Crippen LogP contribution in [0.15, 0.2) is 60.0 Å². The lowest BCUT2D eigenvalue weighted by Gasteiger charge is -2.14. The summed E-state index contributed by atoms with van der Waals surface area (Å²) in [6, 6.07) is 16.6. The van der Waals surface area contributed by atoms with Crippen LogP contribution < -0.4 is 5.32 Å². The van der Waals surface area contributed by atoms with E-state index in [2.05, 4.69) is 12.2 Å². The number of likely N-dealkylation sites (N-methyl/N-ethyl adjacent to an activating group) is 1. The zero-order valence-electron chi connectivity index (χ0n) is 14.3. The fourth-order valence-corrected chi connectivity index (χ4v) is 2.98. The second-order valence-electron chi connectivity index (χ2n) is 5.61. The van der Waals surface area contributed by atoms with Gasteiger partial charge in [0, 0.05) is 18.1 Å². The highest BCUT2D eigenvalue weighted by Gasteiger charge is 2.17. The Kier molecular flexibility index (Phi) is 6.50. The molecule has 2 aromatic rings. The SMILES string of the molecule is CCc1ccc(NC(=O)CN(C)S(=O)(=O)/C=C/c2ccccc2)cc1. The van der Waals surface area contributed by atoms with Gasteiger partial charge in [-0.25, -0.2) is 8.42 Å². The average Bonchev–Trinajstić information content (AvgIpc) is 2.61. The smallest absolute Gasteiger partial charge is 0.239 e. The lowest BCUT2D eigenvalue weighted by atomic mass is 10.1. The van der Waals surface area contributed by atoms with Crippen LogP contribution in [0.2, 0.25) is 0 Å². The van der Waals surface area contributed by atoms with Gasteiger partial charge in [0.05, 0.1) is 6.54 Å². The van der Waals surface area contributed by atoms with Crippen molar-refractivity contribution < 1.29 is 13.2 Å². The minimum Gasteiger partial charge on any atom is -0.325 e. The van der Waals surface area contributed by atoms with Gasteiger partial charge in [-0.05, 0) is 35.8 Å². The predicted octanol–water partition coefficient (Wildman–Crippen LogP) is 3.12. The van der Waals surface area contributed by atoms with Crippen LogP contribution in [0.3, 0.4) is 0 Å². The van der Waals surface area contributed by atoms with Crippen molar-refractivity contribution in [1.29, 1.82) is 0 Å². The second kappa shape index (κ2) is 8.60. The van der Waals surface area contributed by atoms with Crippen LogP contribution in [0.1, 0.15) is 18.1 Å². The molecule has 2 aromatic carbocycles. The van der Waals surface area contributed by atoms with Crippen LogP contribution in [0.4, 0.5) is 5.69 Å². The number of hydrogen-bond acceptors (Lipinski definition) is 3. The van der Waals surface area contributed by atoms with Gasteiger partial charge in [-0.3, -0.25) is 4.79 Å². The number of nitrogens with one attached hydrogen (secondary N) is 1. The number of amides is 1. The first-order valence-electron chi connectivity index (χ1n) is 7.99. The van der Waals surface area contributed by atoms with E-state index in [1.165, 1.54) is 18.7 Å². The number of nitrogens with zero attached hydrogens (tertiary/aromatic N) is 1. The quantitative estimate of drug-likeness (QED) is 0.827. The van der Waals surface area contributed by atoms with E-state index < -0.39 is 10.0 Å². The number of hydrogen-bond donors (Lipinski definition) is 1. The third-order valence-corrected chi connectivity index (χ3v) is 5.16. The van der Waals surface area contributed by atoms with E-state index in [-0.39, 0.29) is 12.5 Å². The molecule has 0 saturated heterocycles. The first kappa shape index (κ1) is 18.9. The molecule has 0 atom stereocenters. The largest absolute Gasteiger partial charge is 0.325 e. The Morgan fingerprint density at radius 3 is 2.32 bits per heavy atom. The molecule has 0 aromatic heterocycles. The maximum atomic E-state index is 12.2. The zero-order chi connectivity index (χ0) is 18.3. The van der Waals surface area contributed by atoms with Crippen LogP contribution in [0.25, 0.3) is 6.08 Å².